The van der Waals surface area contributed by atoms with Crippen molar-refractivity contribution < 1.29 is 0 Å². The van der Waals surface area contributed by atoms with Crippen LogP contribution in [0.25, 0.3) is 12.2 Å². The van der Waals surface area contributed by atoms with Gasteiger partial charge in [-0.05, 0) is 54.7 Å². The van der Waals surface area contributed by atoms with Gasteiger partial charge in [-0.1, -0.05) is 54.6 Å². The van der Waals surface area contributed by atoms with Gasteiger partial charge in [0.25, 0.3) is 0 Å². The molecule has 0 radical (unpaired) electrons. The van der Waals surface area contributed by atoms with Crippen LogP contribution in [0.1, 0.15) is 28.2 Å². The summed E-state index contributed by atoms with van der Waals surface area (Å²) in [5.41, 5.74) is 5.41. The van der Waals surface area contributed by atoms with Gasteiger partial charge in [-0.2, -0.15) is 0 Å². The second-order valence-electron chi connectivity index (χ2n) is 6.13. The Labute approximate surface area is 143 Å². The monoisotopic (exact) mass is 321 g/mol. The fourth-order valence-corrected chi connectivity index (χ4v) is 3.46. The van der Waals surface area contributed by atoms with Gasteiger partial charge in [-0.25, -0.2) is 0 Å². The molecular weight excluding hydrogens is 298 g/mol. The number of nitrogens with zero attached hydrogens (tertiary/aromatic N) is 1. The minimum absolute atomic E-state index is 0.309. The molecule has 0 bridgehead atoms. The van der Waals surface area contributed by atoms with Crippen LogP contribution in [-0.4, -0.2) is 31.8 Å². The first-order valence-corrected chi connectivity index (χ1v) is 9.18. The fourth-order valence-electron chi connectivity index (χ4n) is 3.01. The van der Waals surface area contributed by atoms with E-state index >= 15 is 0 Å². The Morgan fingerprint density at radius 3 is 2.48 bits per heavy atom. The molecule has 2 aromatic rings. The lowest BCUT2D eigenvalue weighted by Gasteiger charge is -2.18. The van der Waals surface area contributed by atoms with E-state index in [0.29, 0.717) is 5.92 Å². The van der Waals surface area contributed by atoms with E-state index in [1.54, 1.807) is 11.8 Å². The zero-order chi connectivity index (χ0) is 16.2. The molecule has 118 valence electrons. The summed E-state index contributed by atoms with van der Waals surface area (Å²) in [6, 6.07) is 15.5. The van der Waals surface area contributed by atoms with E-state index in [2.05, 4.69) is 92.0 Å². The van der Waals surface area contributed by atoms with Crippen LogP contribution in [0.4, 0.5) is 0 Å². The molecule has 0 saturated carbocycles. The maximum absolute atomic E-state index is 2.36. The zero-order valence-corrected chi connectivity index (χ0v) is 14.8. The Morgan fingerprint density at radius 1 is 1.00 bits per heavy atom. The van der Waals surface area contributed by atoms with Crippen molar-refractivity contribution >= 4 is 23.9 Å². The normalized spacial score (nSPS) is 16.4. The number of fused-ring (bicyclic) bond motifs is 2. The van der Waals surface area contributed by atoms with Crippen molar-refractivity contribution in [1.29, 1.82) is 0 Å². The third-order valence-electron chi connectivity index (χ3n) is 4.20. The van der Waals surface area contributed by atoms with Gasteiger partial charge in [0.15, 0.2) is 0 Å². The van der Waals surface area contributed by atoms with Gasteiger partial charge in [0.05, 0.1) is 0 Å². The highest BCUT2D eigenvalue weighted by Gasteiger charge is 2.19. The van der Waals surface area contributed by atoms with E-state index in [0.717, 1.165) is 6.54 Å². The van der Waals surface area contributed by atoms with Crippen molar-refractivity contribution in [3.63, 3.8) is 0 Å². The van der Waals surface area contributed by atoms with E-state index in [1.165, 1.54) is 27.1 Å². The molecule has 2 heteroatoms. The highest BCUT2D eigenvalue weighted by atomic mass is 32.2. The zero-order valence-electron chi connectivity index (χ0n) is 14.0. The van der Waals surface area contributed by atoms with Crippen molar-refractivity contribution in [2.45, 2.75) is 10.8 Å². The molecule has 0 amide bonds. The predicted octanol–water partition coefficient (Wildman–Crippen LogP) is 5.14. The number of rotatable bonds is 4. The molecule has 1 aliphatic carbocycles. The van der Waals surface area contributed by atoms with Crippen LogP contribution < -0.4 is 0 Å². The lowest BCUT2D eigenvalue weighted by atomic mass is 9.87. The summed E-state index contributed by atoms with van der Waals surface area (Å²) in [5.74, 6) is 0.309. The highest BCUT2D eigenvalue weighted by Crippen LogP contribution is 2.37. The summed E-state index contributed by atoms with van der Waals surface area (Å²) in [7, 11) is 4.21. The summed E-state index contributed by atoms with van der Waals surface area (Å²) in [4.78, 5) is 3.51. The lowest BCUT2D eigenvalue weighted by molar-refractivity contribution is 0.456. The summed E-state index contributed by atoms with van der Waals surface area (Å²) >= 11 is 1.80. The fraction of sp³-hybridized carbons (Fsp3) is 0.238. The van der Waals surface area contributed by atoms with E-state index in [1.807, 2.05) is 0 Å². The number of hydrogen-bond donors (Lipinski definition) is 0. The molecule has 0 spiro atoms. The van der Waals surface area contributed by atoms with Gasteiger partial charge in [0.2, 0.25) is 0 Å². The Bertz CT molecular complexity index is 743. The maximum atomic E-state index is 2.36. The standard InChI is InChI=1S/C21H23NS/c1-22(2)14-6-9-20-19-8-5-4-7-16(19)10-11-17-12-13-18(23-3)15-21(17)20/h4-13,15,20H,14H2,1-3H3. The molecule has 1 aliphatic rings. The lowest BCUT2D eigenvalue weighted by Crippen LogP contribution is -2.11. The van der Waals surface area contributed by atoms with Crippen molar-refractivity contribution in [2.24, 2.45) is 0 Å². The van der Waals surface area contributed by atoms with Crippen molar-refractivity contribution in [3.05, 3.63) is 76.9 Å². The summed E-state index contributed by atoms with van der Waals surface area (Å²) in [5, 5.41) is 0. The molecule has 1 nitrogen and oxygen atoms in total. The molecule has 0 N–H and O–H groups in total. The maximum Gasteiger partial charge on any atom is 0.0282 e. The van der Waals surface area contributed by atoms with E-state index in [9.17, 15) is 0 Å². The first-order valence-electron chi connectivity index (χ1n) is 7.95. The first kappa shape index (κ1) is 16.1. The molecule has 0 fully saturated rings. The van der Waals surface area contributed by atoms with Crippen LogP contribution in [0.3, 0.4) is 0 Å². The topological polar surface area (TPSA) is 3.24 Å². The van der Waals surface area contributed by atoms with Crippen LogP contribution in [0.5, 0.6) is 0 Å². The average molecular weight is 321 g/mol. The molecule has 1 atom stereocenters. The largest absolute Gasteiger partial charge is 0.306 e. The number of allylic oxidation sites excluding steroid dienone is 1. The van der Waals surface area contributed by atoms with Gasteiger partial charge >= 0.3 is 0 Å². The smallest absolute Gasteiger partial charge is 0.0282 e. The minimum Gasteiger partial charge on any atom is -0.306 e. The molecule has 0 aromatic heterocycles. The summed E-state index contributed by atoms with van der Waals surface area (Å²) < 4.78 is 0. The highest BCUT2D eigenvalue weighted by molar-refractivity contribution is 7.98. The number of thioether (sulfide) groups is 1. The SMILES string of the molecule is CSc1ccc2c(c1)C(C=CCN(C)C)c1ccccc1C=C2. The van der Waals surface area contributed by atoms with Gasteiger partial charge in [-0.3, -0.25) is 0 Å². The molecule has 1 unspecified atom stereocenters. The molecule has 3 rings (SSSR count). The Morgan fingerprint density at radius 2 is 1.74 bits per heavy atom. The molecule has 0 heterocycles. The van der Waals surface area contributed by atoms with Crippen molar-refractivity contribution in [1.82, 2.24) is 4.90 Å². The van der Waals surface area contributed by atoms with Crippen LogP contribution >= 0.6 is 11.8 Å². The van der Waals surface area contributed by atoms with Crippen LogP contribution in [0.15, 0.2) is 59.5 Å². The molecule has 23 heavy (non-hydrogen) atoms. The number of benzene rings is 2. The third kappa shape index (κ3) is 3.60. The van der Waals surface area contributed by atoms with E-state index < -0.39 is 0 Å². The molecular formula is C21H23NS. The van der Waals surface area contributed by atoms with Crippen LogP contribution in [0.2, 0.25) is 0 Å². The minimum atomic E-state index is 0.309. The van der Waals surface area contributed by atoms with Crippen molar-refractivity contribution in [3.8, 4) is 0 Å². The Kier molecular flexibility index (Phi) is 5.04. The average Bonchev–Trinajstić information content (AvgIpc) is 2.71. The van der Waals surface area contributed by atoms with Gasteiger partial charge in [0.1, 0.15) is 0 Å². The van der Waals surface area contributed by atoms with Crippen LogP contribution in [0, 0.1) is 0 Å². The summed E-state index contributed by atoms with van der Waals surface area (Å²) in [6.07, 6.45) is 11.3. The second-order valence-corrected chi connectivity index (χ2v) is 7.00. The van der Waals surface area contributed by atoms with Gasteiger partial charge < -0.3 is 4.90 Å². The molecule has 2 aromatic carbocycles. The second kappa shape index (κ2) is 7.20. The number of likely N-dealkylation sites (N-methyl/N-ethyl adjacent to an activating group) is 1. The van der Waals surface area contributed by atoms with Crippen molar-refractivity contribution in [2.75, 3.05) is 26.9 Å². The van der Waals surface area contributed by atoms with E-state index in [-0.39, 0.29) is 0 Å². The van der Waals surface area contributed by atoms with Crippen LogP contribution in [-0.2, 0) is 0 Å². The Hall–Kier alpha value is -1.77. The van der Waals surface area contributed by atoms with Gasteiger partial charge in [0, 0.05) is 17.4 Å². The molecule has 0 saturated heterocycles. The predicted molar refractivity (Wildman–Crippen MR) is 103 cm³/mol. The van der Waals surface area contributed by atoms with Gasteiger partial charge in [-0.15, -0.1) is 11.8 Å². The Balaban J connectivity index is 2.11. The van der Waals surface area contributed by atoms with E-state index in [4.69, 9.17) is 0 Å². The molecule has 0 aliphatic heterocycles. The quantitative estimate of drug-likeness (QED) is 0.566. The summed E-state index contributed by atoms with van der Waals surface area (Å²) in [6.45, 7) is 0.962. The first-order chi connectivity index (χ1) is 11.2. The third-order valence-corrected chi connectivity index (χ3v) is 4.93. The number of hydrogen-bond acceptors (Lipinski definition) is 2.